The summed E-state index contributed by atoms with van der Waals surface area (Å²) in [6.07, 6.45) is 0.958. The lowest BCUT2D eigenvalue weighted by atomic mass is 10.1. The number of nitrogen functional groups attached to an aromatic ring is 1. The van der Waals surface area contributed by atoms with Crippen LogP contribution in [0.3, 0.4) is 0 Å². The topological polar surface area (TPSA) is 64.3 Å². The molecular formula is C14H22N2O2. The minimum absolute atomic E-state index is 0.0699. The summed E-state index contributed by atoms with van der Waals surface area (Å²) in [4.78, 5) is 11.7. The molecule has 0 aliphatic carbocycles. The van der Waals surface area contributed by atoms with Crippen molar-refractivity contribution in [3.8, 4) is 0 Å². The average molecular weight is 250 g/mol. The number of benzene rings is 1. The monoisotopic (exact) mass is 250 g/mol. The molecule has 0 saturated heterocycles. The zero-order valence-corrected chi connectivity index (χ0v) is 11.3. The van der Waals surface area contributed by atoms with Gasteiger partial charge in [0.25, 0.3) is 0 Å². The van der Waals surface area contributed by atoms with Gasteiger partial charge < -0.3 is 15.8 Å². The maximum absolute atomic E-state index is 11.7. The molecule has 0 saturated carbocycles. The van der Waals surface area contributed by atoms with Gasteiger partial charge in [0.2, 0.25) is 5.91 Å². The predicted octanol–water partition coefficient (Wildman–Crippen LogP) is 2.58. The number of hydrogen-bond acceptors (Lipinski definition) is 3. The number of nitrogens with one attached hydrogen (secondary N) is 1. The molecule has 1 aromatic rings. The first-order chi connectivity index (χ1) is 8.50. The Morgan fingerprint density at radius 3 is 2.78 bits per heavy atom. The molecule has 1 aromatic carbocycles. The van der Waals surface area contributed by atoms with E-state index in [1.165, 1.54) is 0 Å². The lowest BCUT2D eigenvalue weighted by Crippen LogP contribution is -2.20. The molecule has 0 fully saturated rings. The summed E-state index contributed by atoms with van der Waals surface area (Å²) in [5.74, 6) is 0.417. The Hall–Kier alpha value is -1.55. The number of amides is 1. The fourth-order valence-electron chi connectivity index (χ4n) is 1.52. The van der Waals surface area contributed by atoms with Gasteiger partial charge in [0.15, 0.2) is 0 Å². The Morgan fingerprint density at radius 2 is 2.17 bits per heavy atom. The number of ether oxygens (including phenoxy) is 1. The number of anilines is 2. The molecule has 1 amide bonds. The molecule has 0 unspecified atom stereocenters. The van der Waals surface area contributed by atoms with Crippen molar-refractivity contribution < 1.29 is 9.53 Å². The fourth-order valence-corrected chi connectivity index (χ4v) is 1.52. The van der Waals surface area contributed by atoms with Crippen LogP contribution >= 0.6 is 0 Å². The quantitative estimate of drug-likeness (QED) is 0.602. The first kappa shape index (κ1) is 14.5. The molecule has 0 aromatic heterocycles. The predicted molar refractivity (Wildman–Crippen MR) is 74.5 cm³/mol. The van der Waals surface area contributed by atoms with Gasteiger partial charge >= 0.3 is 0 Å². The van der Waals surface area contributed by atoms with Gasteiger partial charge in [0.05, 0.1) is 11.4 Å². The summed E-state index contributed by atoms with van der Waals surface area (Å²) >= 11 is 0. The molecule has 0 aliphatic rings. The number of para-hydroxylation sites is 1. The highest BCUT2D eigenvalue weighted by Crippen LogP contribution is 2.22. The highest BCUT2D eigenvalue weighted by molar-refractivity contribution is 5.95. The summed E-state index contributed by atoms with van der Waals surface area (Å²) in [5.41, 5.74) is 8.01. The maximum Gasteiger partial charge on any atom is 0.250 e. The van der Waals surface area contributed by atoms with Crippen LogP contribution in [0.1, 0.15) is 25.8 Å². The molecule has 4 nitrogen and oxygen atoms in total. The molecule has 0 atom stereocenters. The molecule has 0 radical (unpaired) electrons. The Morgan fingerprint density at radius 1 is 1.44 bits per heavy atom. The zero-order valence-electron chi connectivity index (χ0n) is 11.3. The molecule has 4 heteroatoms. The molecule has 0 heterocycles. The van der Waals surface area contributed by atoms with Crippen LogP contribution < -0.4 is 11.1 Å². The van der Waals surface area contributed by atoms with Gasteiger partial charge in [-0.05, 0) is 30.9 Å². The van der Waals surface area contributed by atoms with Gasteiger partial charge in [-0.15, -0.1) is 0 Å². The minimum atomic E-state index is -0.167. The van der Waals surface area contributed by atoms with E-state index >= 15 is 0 Å². The van der Waals surface area contributed by atoms with Crippen LogP contribution in [0.4, 0.5) is 11.4 Å². The second-order valence-corrected chi connectivity index (χ2v) is 4.82. The number of nitrogens with two attached hydrogens (primary N) is 1. The van der Waals surface area contributed by atoms with Crippen molar-refractivity contribution >= 4 is 17.3 Å². The summed E-state index contributed by atoms with van der Waals surface area (Å²) in [6, 6.07) is 5.54. The van der Waals surface area contributed by atoms with Gasteiger partial charge in [0.1, 0.15) is 6.61 Å². The summed E-state index contributed by atoms with van der Waals surface area (Å²) < 4.78 is 5.31. The molecule has 0 bridgehead atoms. The van der Waals surface area contributed by atoms with Gasteiger partial charge in [-0.2, -0.15) is 0 Å². The van der Waals surface area contributed by atoms with Crippen molar-refractivity contribution in [2.45, 2.75) is 27.2 Å². The van der Waals surface area contributed by atoms with E-state index < -0.39 is 0 Å². The van der Waals surface area contributed by atoms with Crippen molar-refractivity contribution in [1.29, 1.82) is 0 Å². The highest BCUT2D eigenvalue weighted by Gasteiger charge is 2.07. The van der Waals surface area contributed by atoms with Crippen molar-refractivity contribution in [3.05, 3.63) is 23.8 Å². The van der Waals surface area contributed by atoms with Crippen LogP contribution in [0.2, 0.25) is 0 Å². The van der Waals surface area contributed by atoms with Crippen LogP contribution in [0.25, 0.3) is 0 Å². The smallest absolute Gasteiger partial charge is 0.250 e. The standard InChI is InChI=1S/C14H22N2O2/c1-10(2)7-8-18-9-13(17)16-14-11(3)5-4-6-12(14)15/h4-6,10H,7-9,15H2,1-3H3,(H,16,17). The highest BCUT2D eigenvalue weighted by atomic mass is 16.5. The van der Waals surface area contributed by atoms with E-state index in [9.17, 15) is 4.79 Å². The van der Waals surface area contributed by atoms with E-state index in [4.69, 9.17) is 10.5 Å². The van der Waals surface area contributed by atoms with E-state index in [-0.39, 0.29) is 12.5 Å². The van der Waals surface area contributed by atoms with E-state index in [0.717, 1.165) is 12.0 Å². The van der Waals surface area contributed by atoms with E-state index in [2.05, 4.69) is 19.2 Å². The minimum Gasteiger partial charge on any atom is -0.397 e. The maximum atomic E-state index is 11.7. The third-order valence-corrected chi connectivity index (χ3v) is 2.64. The third-order valence-electron chi connectivity index (χ3n) is 2.64. The van der Waals surface area contributed by atoms with Gasteiger partial charge in [0, 0.05) is 6.61 Å². The van der Waals surface area contributed by atoms with E-state index in [1.807, 2.05) is 19.1 Å². The Bertz CT molecular complexity index is 383. The zero-order chi connectivity index (χ0) is 13.5. The largest absolute Gasteiger partial charge is 0.397 e. The van der Waals surface area contributed by atoms with Crippen molar-refractivity contribution in [2.75, 3.05) is 24.3 Å². The molecular weight excluding hydrogens is 228 g/mol. The van der Waals surface area contributed by atoms with Crippen LogP contribution in [-0.2, 0) is 9.53 Å². The van der Waals surface area contributed by atoms with Crippen molar-refractivity contribution in [2.24, 2.45) is 5.92 Å². The third kappa shape index (κ3) is 4.75. The molecule has 3 N–H and O–H groups in total. The second kappa shape index (κ2) is 7.01. The Kier molecular flexibility index (Phi) is 5.65. The van der Waals surface area contributed by atoms with Crippen LogP contribution in [0.15, 0.2) is 18.2 Å². The normalized spacial score (nSPS) is 10.7. The fraction of sp³-hybridized carbons (Fsp3) is 0.500. The van der Waals surface area contributed by atoms with E-state index in [1.54, 1.807) is 6.07 Å². The van der Waals surface area contributed by atoms with Gasteiger partial charge in [-0.1, -0.05) is 26.0 Å². The summed E-state index contributed by atoms with van der Waals surface area (Å²) in [5, 5.41) is 2.78. The number of hydrogen-bond donors (Lipinski definition) is 2. The van der Waals surface area contributed by atoms with E-state index in [0.29, 0.717) is 23.9 Å². The van der Waals surface area contributed by atoms with Crippen molar-refractivity contribution in [1.82, 2.24) is 0 Å². The van der Waals surface area contributed by atoms with Crippen LogP contribution in [-0.4, -0.2) is 19.1 Å². The summed E-state index contributed by atoms with van der Waals surface area (Å²) in [7, 11) is 0. The number of carbonyl (C=O) groups excluding carboxylic acids is 1. The molecule has 100 valence electrons. The molecule has 18 heavy (non-hydrogen) atoms. The number of aryl methyl sites for hydroxylation is 1. The van der Waals surface area contributed by atoms with Gasteiger partial charge in [-0.3, -0.25) is 4.79 Å². The average Bonchev–Trinajstić information content (AvgIpc) is 2.29. The van der Waals surface area contributed by atoms with Crippen molar-refractivity contribution in [3.63, 3.8) is 0 Å². The number of rotatable bonds is 6. The number of carbonyl (C=O) groups is 1. The van der Waals surface area contributed by atoms with Gasteiger partial charge in [-0.25, -0.2) is 0 Å². The molecule has 1 rings (SSSR count). The molecule has 0 aliphatic heterocycles. The first-order valence-corrected chi connectivity index (χ1v) is 6.23. The Balaban J connectivity index is 2.40. The Labute approximate surface area is 109 Å². The summed E-state index contributed by atoms with van der Waals surface area (Å²) in [6.45, 7) is 6.83. The SMILES string of the molecule is Cc1cccc(N)c1NC(=O)COCCC(C)C. The van der Waals surface area contributed by atoms with Crippen LogP contribution in [0.5, 0.6) is 0 Å². The molecule has 0 spiro atoms. The van der Waals surface area contributed by atoms with Crippen LogP contribution in [0, 0.1) is 12.8 Å². The lowest BCUT2D eigenvalue weighted by molar-refractivity contribution is -0.120. The second-order valence-electron chi connectivity index (χ2n) is 4.82. The first-order valence-electron chi connectivity index (χ1n) is 6.23. The lowest BCUT2D eigenvalue weighted by Gasteiger charge is -2.11.